The number of anilines is 1. The average molecular weight is 415 g/mol. The molecule has 0 saturated carbocycles. The van der Waals surface area contributed by atoms with Crippen LogP contribution in [0.15, 0.2) is 33.2 Å². The summed E-state index contributed by atoms with van der Waals surface area (Å²) in [5.41, 5.74) is 0.259. The van der Waals surface area contributed by atoms with Crippen molar-refractivity contribution in [2.24, 2.45) is 0 Å². The van der Waals surface area contributed by atoms with E-state index in [1.54, 1.807) is 22.9 Å². The smallest absolute Gasteiger partial charge is 0.340 e. The number of sulfonamides is 1. The molecule has 1 unspecified atom stereocenters. The third-order valence-corrected chi connectivity index (χ3v) is 8.23. The van der Waals surface area contributed by atoms with Crippen molar-refractivity contribution in [3.8, 4) is 0 Å². The first-order valence-corrected chi connectivity index (χ1v) is 11.2. The predicted molar refractivity (Wildman–Crippen MR) is 100 cm³/mol. The van der Waals surface area contributed by atoms with Crippen LogP contribution in [0.1, 0.15) is 29.6 Å². The number of nitrogens with zero attached hydrogens (tertiary/aromatic N) is 1. The fraction of sp³-hybridized carbons (Fsp3) is 0.375. The van der Waals surface area contributed by atoms with Gasteiger partial charge in [-0.05, 0) is 35.7 Å². The highest BCUT2D eigenvalue weighted by Crippen LogP contribution is 2.30. The zero-order chi connectivity index (χ0) is 18.7. The molecular formula is C16H18N2O5S3. The number of carbonyl (C=O) groups excluding carboxylic acids is 2. The van der Waals surface area contributed by atoms with E-state index >= 15 is 0 Å². The molecule has 2 aromatic rings. The van der Waals surface area contributed by atoms with Crippen LogP contribution in [-0.2, 0) is 19.6 Å². The van der Waals surface area contributed by atoms with Crippen molar-refractivity contribution in [2.75, 3.05) is 19.0 Å². The Labute approximate surface area is 159 Å². The third-order valence-electron chi connectivity index (χ3n) is 4.12. The lowest BCUT2D eigenvalue weighted by Gasteiger charge is -2.33. The molecule has 26 heavy (non-hydrogen) atoms. The molecule has 0 radical (unpaired) electrons. The van der Waals surface area contributed by atoms with Gasteiger partial charge in [0, 0.05) is 6.54 Å². The van der Waals surface area contributed by atoms with Gasteiger partial charge in [-0.3, -0.25) is 4.79 Å². The molecule has 10 heteroatoms. The van der Waals surface area contributed by atoms with Crippen molar-refractivity contribution >= 4 is 49.6 Å². The molecule has 0 spiro atoms. The maximum atomic E-state index is 12.9. The Morgan fingerprint density at radius 3 is 2.73 bits per heavy atom. The monoisotopic (exact) mass is 414 g/mol. The number of hydrogen-bond donors (Lipinski definition) is 1. The summed E-state index contributed by atoms with van der Waals surface area (Å²) in [5, 5.41) is 6.42. The molecular weight excluding hydrogens is 396 g/mol. The van der Waals surface area contributed by atoms with E-state index in [2.05, 4.69) is 5.32 Å². The number of thiophene rings is 2. The number of nitrogens with one attached hydrogen (secondary N) is 1. The Kier molecular flexibility index (Phi) is 5.76. The van der Waals surface area contributed by atoms with Gasteiger partial charge in [-0.15, -0.1) is 22.7 Å². The third kappa shape index (κ3) is 3.68. The lowest BCUT2D eigenvalue weighted by molar-refractivity contribution is -0.120. The van der Waals surface area contributed by atoms with E-state index < -0.39 is 27.9 Å². The Bertz CT molecular complexity index is 889. The second-order valence-corrected chi connectivity index (χ2v) is 9.68. The summed E-state index contributed by atoms with van der Waals surface area (Å²) in [6.07, 6.45) is 1.92. The van der Waals surface area contributed by atoms with E-state index in [-0.39, 0.29) is 9.77 Å². The van der Waals surface area contributed by atoms with Crippen LogP contribution in [0.2, 0.25) is 0 Å². The number of rotatable bonds is 5. The molecule has 1 amide bonds. The minimum absolute atomic E-state index is 0.226. The molecule has 1 atom stereocenters. The number of hydrogen-bond acceptors (Lipinski definition) is 7. The largest absolute Gasteiger partial charge is 0.465 e. The van der Waals surface area contributed by atoms with E-state index in [0.717, 1.165) is 17.8 Å². The number of ether oxygens (including phenoxy) is 1. The first-order chi connectivity index (χ1) is 12.4. The Balaban J connectivity index is 1.83. The summed E-state index contributed by atoms with van der Waals surface area (Å²) in [4.78, 5) is 24.6. The Hall–Kier alpha value is -1.75. The van der Waals surface area contributed by atoms with Crippen LogP contribution < -0.4 is 5.32 Å². The van der Waals surface area contributed by atoms with E-state index in [4.69, 9.17) is 4.74 Å². The van der Waals surface area contributed by atoms with Crippen LogP contribution in [0, 0.1) is 0 Å². The summed E-state index contributed by atoms with van der Waals surface area (Å²) in [6.45, 7) is 0.298. The summed E-state index contributed by atoms with van der Waals surface area (Å²) >= 11 is 2.32. The molecule has 1 N–H and O–H groups in total. The van der Waals surface area contributed by atoms with Gasteiger partial charge in [-0.1, -0.05) is 12.5 Å². The maximum Gasteiger partial charge on any atom is 0.340 e. The van der Waals surface area contributed by atoms with Gasteiger partial charge in [0.25, 0.3) is 10.0 Å². The van der Waals surface area contributed by atoms with E-state index in [1.165, 1.54) is 28.8 Å². The van der Waals surface area contributed by atoms with Crippen LogP contribution in [0.25, 0.3) is 0 Å². The van der Waals surface area contributed by atoms with Gasteiger partial charge in [0.15, 0.2) is 0 Å². The highest BCUT2D eigenvalue weighted by Gasteiger charge is 2.38. The van der Waals surface area contributed by atoms with Crippen molar-refractivity contribution in [1.82, 2.24) is 4.31 Å². The zero-order valence-electron chi connectivity index (χ0n) is 14.0. The molecule has 1 aliphatic rings. The fourth-order valence-corrected chi connectivity index (χ4v) is 6.41. The summed E-state index contributed by atoms with van der Waals surface area (Å²) in [5.74, 6) is -0.981. The summed E-state index contributed by atoms with van der Waals surface area (Å²) < 4.78 is 31.9. The minimum Gasteiger partial charge on any atom is -0.465 e. The van der Waals surface area contributed by atoms with Gasteiger partial charge in [0.2, 0.25) is 5.91 Å². The predicted octanol–water partition coefficient (Wildman–Crippen LogP) is 2.78. The van der Waals surface area contributed by atoms with Gasteiger partial charge in [-0.2, -0.15) is 4.31 Å². The fourth-order valence-electron chi connectivity index (χ4n) is 2.85. The van der Waals surface area contributed by atoms with Crippen LogP contribution in [0.4, 0.5) is 5.00 Å². The molecule has 0 aromatic carbocycles. The highest BCUT2D eigenvalue weighted by atomic mass is 32.2. The van der Waals surface area contributed by atoms with Crippen molar-refractivity contribution in [2.45, 2.75) is 29.5 Å². The van der Waals surface area contributed by atoms with Gasteiger partial charge >= 0.3 is 5.97 Å². The number of carbonyl (C=O) groups is 2. The molecule has 3 heterocycles. The quantitative estimate of drug-likeness (QED) is 0.760. The summed E-state index contributed by atoms with van der Waals surface area (Å²) in [7, 11) is -2.45. The standard InChI is InChI=1S/C16H18N2O5S3/c1-23-16(20)11-7-10-25-15(11)17-14(19)12-5-2-3-8-18(12)26(21,22)13-6-4-9-24-13/h4,6-7,9-10,12H,2-3,5,8H2,1H3,(H,17,19). The Morgan fingerprint density at radius 2 is 2.04 bits per heavy atom. The molecule has 2 aromatic heterocycles. The molecule has 1 aliphatic heterocycles. The first kappa shape index (κ1) is 19.0. The molecule has 0 aliphatic carbocycles. The molecule has 140 valence electrons. The summed E-state index contributed by atoms with van der Waals surface area (Å²) in [6, 6.07) is 3.97. The van der Waals surface area contributed by atoms with E-state index in [1.807, 2.05) is 0 Å². The van der Waals surface area contributed by atoms with Crippen LogP contribution >= 0.6 is 22.7 Å². The van der Waals surface area contributed by atoms with Crippen LogP contribution in [0.3, 0.4) is 0 Å². The zero-order valence-corrected chi connectivity index (χ0v) is 16.5. The molecule has 7 nitrogen and oxygen atoms in total. The van der Waals surface area contributed by atoms with Gasteiger partial charge < -0.3 is 10.1 Å². The van der Waals surface area contributed by atoms with Crippen molar-refractivity contribution in [3.63, 3.8) is 0 Å². The lowest BCUT2D eigenvalue weighted by Crippen LogP contribution is -2.49. The normalized spacial score (nSPS) is 18.4. The average Bonchev–Trinajstić information content (AvgIpc) is 3.33. The minimum atomic E-state index is -3.72. The SMILES string of the molecule is COC(=O)c1ccsc1NC(=O)C1CCCCN1S(=O)(=O)c1cccs1. The lowest BCUT2D eigenvalue weighted by atomic mass is 10.0. The highest BCUT2D eigenvalue weighted by molar-refractivity contribution is 7.91. The van der Waals surface area contributed by atoms with E-state index in [0.29, 0.717) is 24.4 Å². The number of piperidine rings is 1. The molecule has 1 saturated heterocycles. The van der Waals surface area contributed by atoms with Gasteiger partial charge in [-0.25, -0.2) is 13.2 Å². The number of amides is 1. The van der Waals surface area contributed by atoms with Crippen molar-refractivity contribution < 1.29 is 22.7 Å². The van der Waals surface area contributed by atoms with Crippen LogP contribution in [-0.4, -0.2) is 44.3 Å². The number of esters is 1. The maximum absolute atomic E-state index is 12.9. The second kappa shape index (κ2) is 7.87. The van der Waals surface area contributed by atoms with Crippen LogP contribution in [0.5, 0.6) is 0 Å². The molecule has 0 bridgehead atoms. The van der Waals surface area contributed by atoms with Crippen molar-refractivity contribution in [1.29, 1.82) is 0 Å². The Morgan fingerprint density at radius 1 is 1.23 bits per heavy atom. The van der Waals surface area contributed by atoms with Crippen molar-refractivity contribution in [3.05, 3.63) is 34.5 Å². The van der Waals surface area contributed by atoms with Gasteiger partial charge in [0.1, 0.15) is 15.3 Å². The first-order valence-electron chi connectivity index (χ1n) is 7.97. The molecule has 3 rings (SSSR count). The number of methoxy groups -OCH3 is 1. The van der Waals surface area contributed by atoms with E-state index in [9.17, 15) is 18.0 Å². The topological polar surface area (TPSA) is 92.8 Å². The second-order valence-electron chi connectivity index (χ2n) is 5.70. The molecule has 1 fully saturated rings. The van der Waals surface area contributed by atoms with Gasteiger partial charge in [0.05, 0.1) is 12.7 Å².